The molecule has 0 fully saturated rings. The number of methoxy groups -OCH3 is 1. The molecule has 0 radical (unpaired) electrons. The van der Waals surface area contributed by atoms with Crippen molar-refractivity contribution in [2.24, 2.45) is 0 Å². The molecule has 2 aromatic heterocycles. The molecule has 1 amide bonds. The number of nitrogens with one attached hydrogen (secondary N) is 2. The molecule has 140 valence electrons. The van der Waals surface area contributed by atoms with Gasteiger partial charge in [-0.15, -0.1) is 0 Å². The third-order valence-electron chi connectivity index (χ3n) is 4.15. The minimum absolute atomic E-state index is 0.161. The lowest BCUT2D eigenvalue weighted by Crippen LogP contribution is -2.16. The maximum atomic E-state index is 12.7. The fraction of sp³-hybridized carbons (Fsp3) is 0.421. The summed E-state index contributed by atoms with van der Waals surface area (Å²) in [5, 5.41) is 2.89. The van der Waals surface area contributed by atoms with Crippen LogP contribution in [0.3, 0.4) is 0 Å². The average Bonchev–Trinajstić information content (AvgIpc) is 2.85. The van der Waals surface area contributed by atoms with Gasteiger partial charge in [0.25, 0.3) is 5.91 Å². The summed E-state index contributed by atoms with van der Waals surface area (Å²) in [6, 6.07) is 1.91. The Balaban J connectivity index is 2.26. The van der Waals surface area contributed by atoms with E-state index in [1.807, 2.05) is 26.8 Å². The van der Waals surface area contributed by atoms with Crippen molar-refractivity contribution in [3.8, 4) is 0 Å². The Morgan fingerprint density at radius 3 is 2.46 bits per heavy atom. The molecule has 2 heterocycles. The van der Waals surface area contributed by atoms with Gasteiger partial charge < -0.3 is 19.8 Å². The van der Waals surface area contributed by atoms with E-state index in [-0.39, 0.29) is 12.5 Å². The van der Waals surface area contributed by atoms with Gasteiger partial charge in [0.05, 0.1) is 23.6 Å². The van der Waals surface area contributed by atoms with Crippen LogP contribution in [-0.2, 0) is 9.47 Å². The SMILES string of the molecule is COCCOC(=O)c1c(C)[nH]c(C(=O)Nc2c(C)cc(C)nc2C)c1C. The van der Waals surface area contributed by atoms with Crippen molar-refractivity contribution < 1.29 is 19.1 Å². The van der Waals surface area contributed by atoms with Gasteiger partial charge in [0.15, 0.2) is 0 Å². The molecular formula is C19H25N3O4. The smallest absolute Gasteiger partial charge is 0.340 e. The predicted octanol–water partition coefficient (Wildman–Crippen LogP) is 3.01. The number of H-pyrrole nitrogens is 1. The fourth-order valence-electron chi connectivity index (χ4n) is 2.96. The molecule has 0 saturated carbocycles. The molecule has 2 aromatic rings. The lowest BCUT2D eigenvalue weighted by atomic mass is 10.1. The Hall–Kier alpha value is -2.67. The number of carbonyl (C=O) groups is 2. The van der Waals surface area contributed by atoms with E-state index in [1.54, 1.807) is 13.8 Å². The van der Waals surface area contributed by atoms with Gasteiger partial charge in [-0.05, 0) is 51.8 Å². The molecule has 2 rings (SSSR count). The molecule has 7 nitrogen and oxygen atoms in total. The first-order chi connectivity index (χ1) is 12.3. The number of hydrogen-bond acceptors (Lipinski definition) is 5. The molecule has 0 atom stereocenters. The van der Waals surface area contributed by atoms with Crippen LogP contribution in [0.25, 0.3) is 0 Å². The molecule has 2 N–H and O–H groups in total. The molecule has 0 aliphatic heterocycles. The number of rotatable bonds is 6. The number of amides is 1. The number of aryl methyl sites for hydroxylation is 4. The van der Waals surface area contributed by atoms with Crippen LogP contribution >= 0.6 is 0 Å². The highest BCUT2D eigenvalue weighted by Crippen LogP contribution is 2.23. The Morgan fingerprint density at radius 1 is 1.15 bits per heavy atom. The minimum Gasteiger partial charge on any atom is -0.460 e. The summed E-state index contributed by atoms with van der Waals surface area (Å²) in [6.45, 7) is 9.61. The topological polar surface area (TPSA) is 93.3 Å². The number of carbonyl (C=O) groups excluding carboxylic acids is 2. The average molecular weight is 359 g/mol. The monoisotopic (exact) mass is 359 g/mol. The number of esters is 1. The van der Waals surface area contributed by atoms with Crippen molar-refractivity contribution in [3.63, 3.8) is 0 Å². The van der Waals surface area contributed by atoms with E-state index in [0.29, 0.717) is 34.8 Å². The minimum atomic E-state index is -0.475. The standard InChI is InChI=1S/C19H25N3O4/c1-10-9-11(2)20-14(5)16(10)22-18(23)17-12(3)15(13(4)21-17)19(24)26-8-7-25-6/h9,21H,7-8H2,1-6H3,(H,22,23). The zero-order valence-corrected chi connectivity index (χ0v) is 16.1. The Kier molecular flexibility index (Phi) is 6.15. The van der Waals surface area contributed by atoms with Crippen molar-refractivity contribution in [3.05, 3.63) is 45.5 Å². The number of ether oxygens (including phenoxy) is 2. The normalized spacial score (nSPS) is 10.7. The Bertz CT molecular complexity index is 817. The van der Waals surface area contributed by atoms with Crippen LogP contribution in [0.2, 0.25) is 0 Å². The van der Waals surface area contributed by atoms with Gasteiger partial charge in [0.2, 0.25) is 0 Å². The number of aromatic amines is 1. The lowest BCUT2D eigenvalue weighted by Gasteiger charge is -2.12. The van der Waals surface area contributed by atoms with Crippen LogP contribution in [-0.4, -0.2) is 42.2 Å². The van der Waals surface area contributed by atoms with Gasteiger partial charge in [0, 0.05) is 18.5 Å². The second kappa shape index (κ2) is 8.14. The van der Waals surface area contributed by atoms with Crippen LogP contribution in [0.1, 0.15) is 49.1 Å². The highest BCUT2D eigenvalue weighted by Gasteiger charge is 2.23. The van der Waals surface area contributed by atoms with Crippen molar-refractivity contribution in [2.75, 3.05) is 25.6 Å². The summed E-state index contributed by atoms with van der Waals surface area (Å²) in [6.07, 6.45) is 0. The molecule has 0 aliphatic rings. The quantitative estimate of drug-likeness (QED) is 0.611. The summed E-state index contributed by atoms with van der Waals surface area (Å²) >= 11 is 0. The summed E-state index contributed by atoms with van der Waals surface area (Å²) in [7, 11) is 1.53. The summed E-state index contributed by atoms with van der Waals surface area (Å²) in [5.41, 5.74) is 5.10. The van der Waals surface area contributed by atoms with Crippen LogP contribution in [0.5, 0.6) is 0 Å². The van der Waals surface area contributed by atoms with E-state index in [0.717, 1.165) is 17.0 Å². The predicted molar refractivity (Wildman–Crippen MR) is 98.8 cm³/mol. The maximum absolute atomic E-state index is 12.7. The van der Waals surface area contributed by atoms with Crippen LogP contribution in [0.15, 0.2) is 6.07 Å². The molecule has 7 heteroatoms. The number of anilines is 1. The van der Waals surface area contributed by atoms with Gasteiger partial charge in [-0.1, -0.05) is 0 Å². The first kappa shape index (κ1) is 19.7. The van der Waals surface area contributed by atoms with Gasteiger partial charge in [0.1, 0.15) is 12.3 Å². The molecule has 26 heavy (non-hydrogen) atoms. The third kappa shape index (κ3) is 4.11. The second-order valence-electron chi connectivity index (χ2n) is 6.25. The highest BCUT2D eigenvalue weighted by molar-refractivity contribution is 6.07. The Morgan fingerprint density at radius 2 is 1.85 bits per heavy atom. The zero-order chi connectivity index (χ0) is 19.4. The van der Waals surface area contributed by atoms with Crippen molar-refractivity contribution in [1.82, 2.24) is 9.97 Å². The highest BCUT2D eigenvalue weighted by atomic mass is 16.6. The fourth-order valence-corrected chi connectivity index (χ4v) is 2.96. The largest absolute Gasteiger partial charge is 0.460 e. The molecule has 0 bridgehead atoms. The summed E-state index contributed by atoms with van der Waals surface area (Å²) in [5.74, 6) is -0.796. The zero-order valence-electron chi connectivity index (χ0n) is 16.1. The van der Waals surface area contributed by atoms with Crippen LogP contribution in [0.4, 0.5) is 5.69 Å². The first-order valence-electron chi connectivity index (χ1n) is 8.37. The molecule has 0 aliphatic carbocycles. The first-order valence-corrected chi connectivity index (χ1v) is 8.37. The van der Waals surface area contributed by atoms with E-state index in [1.165, 1.54) is 7.11 Å². The summed E-state index contributed by atoms with van der Waals surface area (Å²) < 4.78 is 10.0. The van der Waals surface area contributed by atoms with Crippen LogP contribution < -0.4 is 5.32 Å². The number of pyridine rings is 1. The summed E-state index contributed by atoms with van der Waals surface area (Å²) in [4.78, 5) is 32.4. The van der Waals surface area contributed by atoms with Crippen molar-refractivity contribution in [1.29, 1.82) is 0 Å². The number of hydrogen-bond donors (Lipinski definition) is 2. The maximum Gasteiger partial charge on any atom is 0.340 e. The molecule has 0 unspecified atom stereocenters. The van der Waals surface area contributed by atoms with Crippen LogP contribution in [0, 0.1) is 34.6 Å². The molecule has 0 aromatic carbocycles. The van der Waals surface area contributed by atoms with Gasteiger partial charge in [-0.3, -0.25) is 9.78 Å². The van der Waals surface area contributed by atoms with Crippen molar-refractivity contribution in [2.45, 2.75) is 34.6 Å². The van der Waals surface area contributed by atoms with Gasteiger partial charge >= 0.3 is 5.97 Å². The second-order valence-corrected chi connectivity index (χ2v) is 6.25. The molecule has 0 spiro atoms. The van der Waals surface area contributed by atoms with E-state index >= 15 is 0 Å². The molecule has 0 saturated heterocycles. The van der Waals surface area contributed by atoms with E-state index in [9.17, 15) is 9.59 Å². The van der Waals surface area contributed by atoms with Gasteiger partial charge in [-0.2, -0.15) is 0 Å². The lowest BCUT2D eigenvalue weighted by molar-refractivity contribution is 0.0387. The van der Waals surface area contributed by atoms with E-state index < -0.39 is 5.97 Å². The van der Waals surface area contributed by atoms with E-state index in [2.05, 4.69) is 15.3 Å². The van der Waals surface area contributed by atoms with Crippen molar-refractivity contribution >= 4 is 17.6 Å². The van der Waals surface area contributed by atoms with E-state index in [4.69, 9.17) is 9.47 Å². The third-order valence-corrected chi connectivity index (χ3v) is 4.15. The number of nitrogens with zero attached hydrogens (tertiary/aromatic N) is 1. The molecular weight excluding hydrogens is 334 g/mol. The Labute approximate surface area is 153 Å². The van der Waals surface area contributed by atoms with Gasteiger partial charge in [-0.25, -0.2) is 4.79 Å². The number of aromatic nitrogens is 2.